The number of nitrogens with one attached hydrogen (secondary N) is 1. The summed E-state index contributed by atoms with van der Waals surface area (Å²) in [4.78, 5) is 24.8. The molecule has 5 heteroatoms. The zero-order chi connectivity index (χ0) is 11.5. The van der Waals surface area contributed by atoms with Crippen molar-refractivity contribution in [2.75, 3.05) is 26.2 Å². The lowest BCUT2D eigenvalue weighted by Gasteiger charge is -2.29. The summed E-state index contributed by atoms with van der Waals surface area (Å²) in [6.45, 7) is 5.59. The molecule has 1 fully saturated rings. The van der Waals surface area contributed by atoms with Crippen LogP contribution in [0.1, 0.15) is 20.3 Å². The summed E-state index contributed by atoms with van der Waals surface area (Å²) in [5.74, 6) is 0.0392. The van der Waals surface area contributed by atoms with Gasteiger partial charge in [0.15, 0.2) is 0 Å². The van der Waals surface area contributed by atoms with Crippen LogP contribution in [-0.2, 0) is 9.59 Å². The van der Waals surface area contributed by atoms with Gasteiger partial charge in [-0.15, -0.1) is 0 Å². The Labute approximate surface area is 90.0 Å². The Morgan fingerprint density at radius 2 is 2.20 bits per heavy atom. The predicted octanol–water partition coefficient (Wildman–Crippen LogP) is -0.680. The quantitative estimate of drug-likeness (QED) is 0.638. The Morgan fingerprint density at radius 3 is 2.80 bits per heavy atom. The lowest BCUT2D eigenvalue weighted by Crippen LogP contribution is -2.45. The second-order valence-electron chi connectivity index (χ2n) is 4.48. The molecule has 1 heterocycles. The van der Waals surface area contributed by atoms with Crippen LogP contribution in [0.5, 0.6) is 0 Å². The van der Waals surface area contributed by atoms with Gasteiger partial charge in [-0.1, -0.05) is 0 Å². The molecule has 0 aromatic heterocycles. The summed E-state index contributed by atoms with van der Waals surface area (Å²) in [6, 6.07) is 0. The number of nitrogens with zero attached hydrogens (tertiary/aromatic N) is 1. The first kappa shape index (κ1) is 12.0. The smallest absolute Gasteiger partial charge is 0.229 e. The van der Waals surface area contributed by atoms with Crippen LogP contribution in [0.15, 0.2) is 0 Å². The number of hydrogen-bond donors (Lipinski definition) is 2. The molecule has 1 aliphatic heterocycles. The van der Waals surface area contributed by atoms with Gasteiger partial charge >= 0.3 is 0 Å². The molecule has 0 aromatic carbocycles. The summed E-state index contributed by atoms with van der Waals surface area (Å²) in [7, 11) is 0. The van der Waals surface area contributed by atoms with E-state index in [0.717, 1.165) is 0 Å². The highest BCUT2D eigenvalue weighted by Crippen LogP contribution is 2.17. The van der Waals surface area contributed by atoms with Crippen LogP contribution in [0.4, 0.5) is 0 Å². The normalized spacial score (nSPS) is 18.3. The van der Waals surface area contributed by atoms with Crippen molar-refractivity contribution in [1.82, 2.24) is 10.2 Å². The van der Waals surface area contributed by atoms with Crippen molar-refractivity contribution in [3.05, 3.63) is 0 Å². The maximum Gasteiger partial charge on any atom is 0.229 e. The molecular weight excluding hydrogens is 194 g/mol. The lowest BCUT2D eigenvalue weighted by molar-refractivity contribution is -0.139. The van der Waals surface area contributed by atoms with E-state index in [1.807, 2.05) is 13.8 Å². The van der Waals surface area contributed by atoms with E-state index in [1.54, 1.807) is 4.90 Å². The number of rotatable bonds is 2. The minimum absolute atomic E-state index is 0.0101. The fourth-order valence-corrected chi connectivity index (χ4v) is 1.49. The highest BCUT2D eigenvalue weighted by Gasteiger charge is 2.31. The molecular formula is C10H19N3O2. The minimum atomic E-state index is -0.534. The highest BCUT2D eigenvalue weighted by atomic mass is 16.2. The van der Waals surface area contributed by atoms with Gasteiger partial charge in [0.05, 0.1) is 5.41 Å². The highest BCUT2D eigenvalue weighted by molar-refractivity contribution is 5.84. The van der Waals surface area contributed by atoms with Gasteiger partial charge in [0, 0.05) is 32.6 Å². The Bertz CT molecular complexity index is 263. The third kappa shape index (κ3) is 2.92. The van der Waals surface area contributed by atoms with Gasteiger partial charge in [-0.25, -0.2) is 0 Å². The number of hydrogen-bond acceptors (Lipinski definition) is 3. The average molecular weight is 213 g/mol. The van der Waals surface area contributed by atoms with Crippen LogP contribution in [0, 0.1) is 5.41 Å². The molecule has 0 spiro atoms. The van der Waals surface area contributed by atoms with Gasteiger partial charge < -0.3 is 16.0 Å². The molecule has 15 heavy (non-hydrogen) atoms. The predicted molar refractivity (Wildman–Crippen MR) is 57.0 cm³/mol. The van der Waals surface area contributed by atoms with E-state index < -0.39 is 5.41 Å². The van der Waals surface area contributed by atoms with Crippen molar-refractivity contribution < 1.29 is 9.59 Å². The Kier molecular flexibility index (Phi) is 3.68. The van der Waals surface area contributed by atoms with Crippen LogP contribution in [0.2, 0.25) is 0 Å². The molecule has 0 radical (unpaired) electrons. The molecule has 86 valence electrons. The van der Waals surface area contributed by atoms with Gasteiger partial charge in [-0.3, -0.25) is 9.59 Å². The van der Waals surface area contributed by atoms with Gasteiger partial charge in [0.2, 0.25) is 11.8 Å². The van der Waals surface area contributed by atoms with E-state index in [0.29, 0.717) is 32.6 Å². The van der Waals surface area contributed by atoms with E-state index >= 15 is 0 Å². The molecule has 1 aliphatic rings. The van der Waals surface area contributed by atoms with Gasteiger partial charge in [-0.05, 0) is 13.8 Å². The summed E-state index contributed by atoms with van der Waals surface area (Å²) < 4.78 is 0. The molecule has 0 aromatic rings. The second kappa shape index (κ2) is 4.61. The molecule has 2 amide bonds. The fourth-order valence-electron chi connectivity index (χ4n) is 1.49. The van der Waals surface area contributed by atoms with Gasteiger partial charge in [0.1, 0.15) is 0 Å². The SMILES string of the molecule is CC(C)(CN)C(=O)N1CCNC(=O)CC1. The largest absolute Gasteiger partial charge is 0.354 e. The van der Waals surface area contributed by atoms with Crippen molar-refractivity contribution >= 4 is 11.8 Å². The van der Waals surface area contributed by atoms with Crippen molar-refractivity contribution in [3.8, 4) is 0 Å². The van der Waals surface area contributed by atoms with Crippen molar-refractivity contribution in [2.24, 2.45) is 11.1 Å². The molecule has 0 saturated carbocycles. The zero-order valence-electron chi connectivity index (χ0n) is 9.38. The van der Waals surface area contributed by atoms with E-state index in [-0.39, 0.29) is 11.8 Å². The van der Waals surface area contributed by atoms with Crippen molar-refractivity contribution in [3.63, 3.8) is 0 Å². The van der Waals surface area contributed by atoms with E-state index in [9.17, 15) is 9.59 Å². The minimum Gasteiger partial charge on any atom is -0.354 e. The summed E-state index contributed by atoms with van der Waals surface area (Å²) in [5.41, 5.74) is 5.02. The zero-order valence-corrected chi connectivity index (χ0v) is 9.38. The van der Waals surface area contributed by atoms with E-state index in [4.69, 9.17) is 5.73 Å². The lowest BCUT2D eigenvalue weighted by atomic mass is 9.92. The van der Waals surface area contributed by atoms with E-state index in [1.165, 1.54) is 0 Å². The van der Waals surface area contributed by atoms with Crippen LogP contribution >= 0.6 is 0 Å². The van der Waals surface area contributed by atoms with Crippen molar-refractivity contribution in [2.45, 2.75) is 20.3 Å². The summed E-state index contributed by atoms with van der Waals surface area (Å²) in [5, 5.41) is 2.73. The molecule has 1 rings (SSSR count). The molecule has 0 aliphatic carbocycles. The summed E-state index contributed by atoms with van der Waals surface area (Å²) in [6.07, 6.45) is 0.381. The third-order valence-electron chi connectivity index (χ3n) is 2.69. The number of nitrogens with two attached hydrogens (primary N) is 1. The summed E-state index contributed by atoms with van der Waals surface area (Å²) >= 11 is 0. The van der Waals surface area contributed by atoms with Crippen LogP contribution in [0.25, 0.3) is 0 Å². The van der Waals surface area contributed by atoms with Gasteiger partial charge in [0.25, 0.3) is 0 Å². The maximum atomic E-state index is 12.0. The number of carbonyl (C=O) groups is 2. The van der Waals surface area contributed by atoms with Crippen LogP contribution < -0.4 is 11.1 Å². The molecule has 1 saturated heterocycles. The van der Waals surface area contributed by atoms with Crippen molar-refractivity contribution in [1.29, 1.82) is 0 Å². The topological polar surface area (TPSA) is 75.4 Å². The first-order valence-electron chi connectivity index (χ1n) is 5.23. The number of amides is 2. The van der Waals surface area contributed by atoms with Gasteiger partial charge in [-0.2, -0.15) is 0 Å². The van der Waals surface area contributed by atoms with Crippen LogP contribution in [0.3, 0.4) is 0 Å². The van der Waals surface area contributed by atoms with E-state index in [2.05, 4.69) is 5.32 Å². The first-order chi connectivity index (χ1) is 6.97. The standard InChI is InChI=1S/C10H19N3O2/c1-10(2,7-11)9(15)13-5-3-8(14)12-4-6-13/h3-7,11H2,1-2H3,(H,12,14). The molecule has 3 N–H and O–H groups in total. The average Bonchev–Trinajstić information content (AvgIpc) is 2.42. The monoisotopic (exact) mass is 213 g/mol. The molecule has 0 atom stereocenters. The molecule has 0 bridgehead atoms. The fraction of sp³-hybridized carbons (Fsp3) is 0.800. The second-order valence-corrected chi connectivity index (χ2v) is 4.48. The Hall–Kier alpha value is -1.10. The molecule has 5 nitrogen and oxygen atoms in total. The third-order valence-corrected chi connectivity index (χ3v) is 2.69. The first-order valence-corrected chi connectivity index (χ1v) is 5.23. The molecule has 0 unspecified atom stereocenters. The Balaban J connectivity index is 2.63. The van der Waals surface area contributed by atoms with Crippen LogP contribution in [-0.4, -0.2) is 42.9 Å². The maximum absolute atomic E-state index is 12.0. The Morgan fingerprint density at radius 1 is 1.53 bits per heavy atom. The number of carbonyl (C=O) groups excluding carboxylic acids is 2.